The maximum absolute atomic E-state index is 15.2. The van der Waals surface area contributed by atoms with Crippen LogP contribution in [-0.4, -0.2) is 33.0 Å². The number of carboxylic acids is 1. The molecule has 0 spiro atoms. The van der Waals surface area contributed by atoms with Gasteiger partial charge in [-0.1, -0.05) is 25.7 Å². The van der Waals surface area contributed by atoms with E-state index in [1.54, 1.807) is 0 Å². The van der Waals surface area contributed by atoms with E-state index < -0.39 is 41.5 Å². The molecule has 0 bridgehead atoms. The molecule has 0 saturated heterocycles. The van der Waals surface area contributed by atoms with Crippen molar-refractivity contribution in [2.24, 2.45) is 5.92 Å². The van der Waals surface area contributed by atoms with Crippen molar-refractivity contribution in [1.82, 2.24) is 4.57 Å². The van der Waals surface area contributed by atoms with Gasteiger partial charge in [0.1, 0.15) is 5.75 Å². The second kappa shape index (κ2) is 9.24. The first-order chi connectivity index (χ1) is 16.5. The average Bonchev–Trinajstić information content (AvgIpc) is 3.39. The Balaban J connectivity index is 1.83. The van der Waals surface area contributed by atoms with E-state index in [2.05, 4.69) is 4.74 Å². The number of aliphatic carboxylic acids is 1. The highest BCUT2D eigenvalue weighted by Crippen LogP contribution is 2.42. The number of halogens is 4. The highest BCUT2D eigenvalue weighted by Gasteiger charge is 2.34. The van der Waals surface area contributed by atoms with Gasteiger partial charge in [-0.15, -0.1) is 13.2 Å². The third kappa shape index (κ3) is 4.82. The van der Waals surface area contributed by atoms with Crippen molar-refractivity contribution in [3.8, 4) is 11.5 Å². The first-order valence-electron chi connectivity index (χ1n) is 11.1. The smallest absolute Gasteiger partial charge is 0.505 e. The number of aromatic nitrogens is 1. The molecule has 1 atom stereocenters. The molecule has 1 heterocycles. The van der Waals surface area contributed by atoms with Gasteiger partial charge < -0.3 is 14.9 Å². The summed E-state index contributed by atoms with van der Waals surface area (Å²) < 4.78 is 57.5. The summed E-state index contributed by atoms with van der Waals surface area (Å²) in [6, 6.07) is 6.62. The molecule has 0 aliphatic heterocycles. The minimum atomic E-state index is -4.89. The lowest BCUT2D eigenvalue weighted by molar-refractivity contribution is -0.274. The van der Waals surface area contributed by atoms with Gasteiger partial charge in [0.25, 0.3) is 5.91 Å². The second-order valence-corrected chi connectivity index (χ2v) is 8.78. The standard InChI is InChI=1S/C25H23F4NO5/c1-13-20(17(24(33)34)12-14-4-2-3-5-14)21-18(10-11-19(31)22(21)26)30(13)23(32)15-6-8-16(9-7-15)35-25(27,28)29/h6-11,14,17,31H,2-5,12H2,1H3,(H,33,34)/t17-/m0/s1. The van der Waals surface area contributed by atoms with E-state index in [0.29, 0.717) is 0 Å². The lowest BCUT2D eigenvalue weighted by Gasteiger charge is -2.18. The number of carbonyl (C=O) groups excluding carboxylic acids is 1. The second-order valence-electron chi connectivity index (χ2n) is 8.78. The van der Waals surface area contributed by atoms with Crippen LogP contribution in [0.1, 0.15) is 59.6 Å². The summed E-state index contributed by atoms with van der Waals surface area (Å²) in [6.45, 7) is 1.50. The number of benzene rings is 2. The molecule has 1 saturated carbocycles. The Morgan fingerprint density at radius 2 is 1.74 bits per heavy atom. The minimum Gasteiger partial charge on any atom is -0.505 e. The van der Waals surface area contributed by atoms with Crippen molar-refractivity contribution in [2.45, 2.75) is 51.3 Å². The molecular formula is C25H23F4NO5. The fourth-order valence-corrected chi connectivity index (χ4v) is 5.02. The predicted octanol–water partition coefficient (Wildman–Crippen LogP) is 6.13. The van der Waals surface area contributed by atoms with E-state index in [4.69, 9.17) is 0 Å². The Bertz CT molecular complexity index is 1270. The molecule has 2 aromatic carbocycles. The minimum absolute atomic E-state index is 0.0118. The van der Waals surface area contributed by atoms with Gasteiger partial charge in [-0.05, 0) is 61.2 Å². The molecular weight excluding hydrogens is 470 g/mol. The van der Waals surface area contributed by atoms with E-state index in [1.807, 2.05) is 0 Å². The summed E-state index contributed by atoms with van der Waals surface area (Å²) in [7, 11) is 0. The number of hydrogen-bond donors (Lipinski definition) is 2. The number of fused-ring (bicyclic) bond motifs is 1. The Labute approximate surface area is 197 Å². The lowest BCUT2D eigenvalue weighted by atomic mass is 9.86. The number of carbonyl (C=O) groups is 2. The average molecular weight is 493 g/mol. The number of carboxylic acid groups (broad SMARTS) is 1. The van der Waals surface area contributed by atoms with Gasteiger partial charge in [0, 0.05) is 16.6 Å². The summed E-state index contributed by atoms with van der Waals surface area (Å²) in [5.41, 5.74) is 0.349. The zero-order chi connectivity index (χ0) is 25.5. The summed E-state index contributed by atoms with van der Waals surface area (Å²) >= 11 is 0. The molecule has 0 unspecified atom stereocenters. The van der Waals surface area contributed by atoms with Gasteiger partial charge in [-0.2, -0.15) is 0 Å². The predicted molar refractivity (Wildman–Crippen MR) is 118 cm³/mol. The maximum atomic E-state index is 15.2. The van der Waals surface area contributed by atoms with Crippen molar-refractivity contribution in [3.05, 3.63) is 59.0 Å². The van der Waals surface area contributed by atoms with E-state index in [0.717, 1.165) is 60.6 Å². The number of aromatic hydroxyl groups is 1. The van der Waals surface area contributed by atoms with Crippen LogP contribution in [0.4, 0.5) is 17.6 Å². The van der Waals surface area contributed by atoms with Crippen molar-refractivity contribution >= 4 is 22.8 Å². The largest absolute Gasteiger partial charge is 0.573 e. The van der Waals surface area contributed by atoms with Crippen LogP contribution in [-0.2, 0) is 4.79 Å². The molecule has 1 fully saturated rings. The molecule has 0 radical (unpaired) electrons. The van der Waals surface area contributed by atoms with Gasteiger partial charge in [0.2, 0.25) is 0 Å². The van der Waals surface area contributed by atoms with Crippen LogP contribution in [0.3, 0.4) is 0 Å². The quantitative estimate of drug-likeness (QED) is 0.404. The summed E-state index contributed by atoms with van der Waals surface area (Å²) in [5.74, 6) is -5.03. The Morgan fingerprint density at radius 3 is 2.31 bits per heavy atom. The lowest BCUT2D eigenvalue weighted by Crippen LogP contribution is -2.18. The fraction of sp³-hybridized carbons (Fsp3) is 0.360. The van der Waals surface area contributed by atoms with Gasteiger partial charge in [0.05, 0.1) is 11.4 Å². The zero-order valence-electron chi connectivity index (χ0n) is 18.7. The summed E-state index contributed by atoms with van der Waals surface area (Å²) in [5, 5.41) is 19.9. The number of phenols is 1. The van der Waals surface area contributed by atoms with Gasteiger partial charge in [-0.3, -0.25) is 14.2 Å². The Morgan fingerprint density at radius 1 is 1.11 bits per heavy atom. The van der Waals surface area contributed by atoms with Crippen molar-refractivity contribution < 1.29 is 42.1 Å². The SMILES string of the molecule is Cc1c([C@H](CC2CCCC2)C(=O)O)c2c(F)c(O)ccc2n1C(=O)c1ccc(OC(F)(F)F)cc1. The molecule has 1 aliphatic carbocycles. The third-order valence-electron chi connectivity index (χ3n) is 6.56. The number of ether oxygens (including phenoxy) is 1. The van der Waals surface area contributed by atoms with Gasteiger partial charge in [-0.25, -0.2) is 4.39 Å². The van der Waals surface area contributed by atoms with E-state index in [1.165, 1.54) is 13.0 Å². The number of hydrogen-bond acceptors (Lipinski definition) is 4. The number of rotatable bonds is 6. The molecule has 2 N–H and O–H groups in total. The molecule has 6 nitrogen and oxygen atoms in total. The molecule has 10 heteroatoms. The zero-order valence-corrected chi connectivity index (χ0v) is 18.7. The third-order valence-corrected chi connectivity index (χ3v) is 6.56. The molecule has 35 heavy (non-hydrogen) atoms. The van der Waals surface area contributed by atoms with Crippen LogP contribution >= 0.6 is 0 Å². The van der Waals surface area contributed by atoms with Crippen LogP contribution in [0, 0.1) is 18.7 Å². The first-order valence-corrected chi connectivity index (χ1v) is 11.1. The highest BCUT2D eigenvalue weighted by molar-refractivity contribution is 6.05. The van der Waals surface area contributed by atoms with Crippen LogP contribution in [0.2, 0.25) is 0 Å². The highest BCUT2D eigenvalue weighted by atomic mass is 19.4. The summed E-state index contributed by atoms with van der Waals surface area (Å²) in [6.07, 6.45) is -0.930. The topological polar surface area (TPSA) is 88.8 Å². The Hall–Kier alpha value is -3.56. The summed E-state index contributed by atoms with van der Waals surface area (Å²) in [4.78, 5) is 25.7. The molecule has 1 aliphatic rings. The monoisotopic (exact) mass is 493 g/mol. The van der Waals surface area contributed by atoms with Crippen LogP contribution in [0.5, 0.6) is 11.5 Å². The Kier molecular flexibility index (Phi) is 6.48. The van der Waals surface area contributed by atoms with Crippen molar-refractivity contribution in [1.29, 1.82) is 0 Å². The van der Waals surface area contributed by atoms with Crippen LogP contribution in [0.25, 0.3) is 10.9 Å². The van der Waals surface area contributed by atoms with E-state index in [-0.39, 0.29) is 40.1 Å². The normalized spacial score (nSPS) is 15.5. The van der Waals surface area contributed by atoms with E-state index >= 15 is 4.39 Å². The van der Waals surface area contributed by atoms with Gasteiger partial charge >= 0.3 is 12.3 Å². The molecule has 1 aromatic heterocycles. The molecule has 4 rings (SSSR count). The van der Waals surface area contributed by atoms with Crippen molar-refractivity contribution in [2.75, 3.05) is 0 Å². The first kappa shape index (κ1) is 24.6. The van der Waals surface area contributed by atoms with Crippen LogP contribution in [0.15, 0.2) is 36.4 Å². The molecule has 0 amide bonds. The number of phenolic OH excluding ortho intramolecular Hbond substituents is 1. The van der Waals surface area contributed by atoms with Crippen molar-refractivity contribution in [3.63, 3.8) is 0 Å². The number of nitrogens with zero attached hydrogens (tertiary/aromatic N) is 1. The number of alkyl halides is 3. The maximum Gasteiger partial charge on any atom is 0.573 e. The molecule has 186 valence electrons. The fourth-order valence-electron chi connectivity index (χ4n) is 5.02. The van der Waals surface area contributed by atoms with Crippen LogP contribution < -0.4 is 4.74 Å². The molecule has 3 aromatic rings. The van der Waals surface area contributed by atoms with Gasteiger partial charge in [0.15, 0.2) is 11.6 Å². The van der Waals surface area contributed by atoms with E-state index in [9.17, 15) is 33.0 Å².